The van der Waals surface area contributed by atoms with Crippen molar-refractivity contribution < 1.29 is 0 Å². The summed E-state index contributed by atoms with van der Waals surface area (Å²) in [4.78, 5) is 2.61. The Bertz CT molecular complexity index is 219. The van der Waals surface area contributed by atoms with Crippen LogP contribution in [0.15, 0.2) is 0 Å². The molecule has 1 aliphatic heterocycles. The van der Waals surface area contributed by atoms with E-state index in [4.69, 9.17) is 6.42 Å². The van der Waals surface area contributed by atoms with Crippen LogP contribution in [0, 0.1) is 12.3 Å². The predicted octanol–water partition coefficient (Wildman–Crippen LogP) is 2.25. The van der Waals surface area contributed by atoms with Crippen molar-refractivity contribution in [3.05, 3.63) is 0 Å². The zero-order valence-corrected chi connectivity index (χ0v) is 10.8. The standard InChI is InChI=1S/C14H26N2/c1-4-14(5-2)15-10-8-12-16-11-7-6-9-13(16)3/h1,13-15H,5-12H2,2-3H3. The molecule has 2 atom stereocenters. The van der Waals surface area contributed by atoms with Crippen LogP contribution in [0.3, 0.4) is 0 Å². The van der Waals surface area contributed by atoms with Crippen molar-refractivity contribution in [1.82, 2.24) is 10.2 Å². The first-order chi connectivity index (χ1) is 7.77. The van der Waals surface area contributed by atoms with Crippen molar-refractivity contribution in [3.8, 4) is 12.3 Å². The van der Waals surface area contributed by atoms with Crippen LogP contribution in [0.1, 0.15) is 46.0 Å². The number of nitrogens with one attached hydrogen (secondary N) is 1. The topological polar surface area (TPSA) is 15.3 Å². The predicted molar refractivity (Wildman–Crippen MR) is 70.4 cm³/mol. The van der Waals surface area contributed by atoms with Crippen LogP contribution in [0.5, 0.6) is 0 Å². The highest BCUT2D eigenvalue weighted by molar-refractivity contribution is 4.97. The molecule has 0 amide bonds. The molecule has 0 radical (unpaired) electrons. The van der Waals surface area contributed by atoms with Crippen LogP contribution in [-0.4, -0.2) is 36.6 Å². The van der Waals surface area contributed by atoms with Crippen LogP contribution < -0.4 is 5.32 Å². The third-order valence-corrected chi connectivity index (χ3v) is 3.56. The van der Waals surface area contributed by atoms with Gasteiger partial charge in [0.15, 0.2) is 0 Å². The summed E-state index contributed by atoms with van der Waals surface area (Å²) in [7, 11) is 0. The third-order valence-electron chi connectivity index (χ3n) is 3.56. The van der Waals surface area contributed by atoms with Gasteiger partial charge in [-0.1, -0.05) is 19.3 Å². The Hall–Kier alpha value is -0.520. The maximum absolute atomic E-state index is 5.41. The summed E-state index contributed by atoms with van der Waals surface area (Å²) in [6.45, 7) is 8.03. The molecule has 0 aliphatic carbocycles. The van der Waals surface area contributed by atoms with E-state index in [2.05, 4.69) is 30.0 Å². The minimum Gasteiger partial charge on any atom is -0.304 e. The van der Waals surface area contributed by atoms with Gasteiger partial charge in [0, 0.05) is 6.04 Å². The van der Waals surface area contributed by atoms with Gasteiger partial charge in [-0.3, -0.25) is 0 Å². The average Bonchev–Trinajstić information content (AvgIpc) is 2.31. The molecule has 92 valence electrons. The molecule has 1 N–H and O–H groups in total. The molecule has 0 aromatic heterocycles. The number of hydrogen-bond donors (Lipinski definition) is 1. The molecule has 0 bridgehead atoms. The van der Waals surface area contributed by atoms with Crippen molar-refractivity contribution >= 4 is 0 Å². The zero-order valence-electron chi connectivity index (χ0n) is 10.8. The molecule has 0 spiro atoms. The van der Waals surface area contributed by atoms with Gasteiger partial charge in [-0.15, -0.1) is 6.42 Å². The lowest BCUT2D eigenvalue weighted by Gasteiger charge is -2.33. The largest absolute Gasteiger partial charge is 0.304 e. The van der Waals surface area contributed by atoms with Gasteiger partial charge in [-0.25, -0.2) is 0 Å². The Balaban J connectivity index is 2.08. The van der Waals surface area contributed by atoms with Crippen LogP contribution >= 0.6 is 0 Å². The zero-order chi connectivity index (χ0) is 11.8. The van der Waals surface area contributed by atoms with Gasteiger partial charge in [0.1, 0.15) is 0 Å². The first-order valence-electron chi connectivity index (χ1n) is 6.71. The summed E-state index contributed by atoms with van der Waals surface area (Å²) in [5.41, 5.74) is 0. The quantitative estimate of drug-likeness (QED) is 0.548. The van der Waals surface area contributed by atoms with E-state index in [-0.39, 0.29) is 6.04 Å². The van der Waals surface area contributed by atoms with Gasteiger partial charge in [0.05, 0.1) is 6.04 Å². The maximum atomic E-state index is 5.41. The number of hydrogen-bond acceptors (Lipinski definition) is 2. The van der Waals surface area contributed by atoms with Gasteiger partial charge in [-0.05, 0) is 52.2 Å². The molecule has 1 aliphatic rings. The Morgan fingerprint density at radius 2 is 2.31 bits per heavy atom. The van der Waals surface area contributed by atoms with E-state index in [1.54, 1.807) is 0 Å². The fourth-order valence-corrected chi connectivity index (χ4v) is 2.37. The maximum Gasteiger partial charge on any atom is 0.0684 e. The second-order valence-electron chi connectivity index (χ2n) is 4.82. The highest BCUT2D eigenvalue weighted by atomic mass is 15.2. The third kappa shape index (κ3) is 4.55. The second kappa shape index (κ2) is 7.70. The Morgan fingerprint density at radius 1 is 1.50 bits per heavy atom. The van der Waals surface area contributed by atoms with Gasteiger partial charge < -0.3 is 10.2 Å². The van der Waals surface area contributed by atoms with Crippen molar-refractivity contribution in [2.24, 2.45) is 0 Å². The lowest BCUT2D eigenvalue weighted by atomic mass is 10.0. The SMILES string of the molecule is C#CC(CC)NCCCN1CCCCC1C. The van der Waals surface area contributed by atoms with E-state index in [9.17, 15) is 0 Å². The average molecular weight is 222 g/mol. The van der Waals surface area contributed by atoms with Crippen LogP contribution in [0.25, 0.3) is 0 Å². The molecule has 1 rings (SSSR count). The normalized spacial score (nSPS) is 23.9. The lowest BCUT2D eigenvalue weighted by molar-refractivity contribution is 0.158. The number of rotatable bonds is 6. The van der Waals surface area contributed by atoms with E-state index in [1.165, 1.54) is 38.8 Å². The highest BCUT2D eigenvalue weighted by Crippen LogP contribution is 2.15. The van der Waals surface area contributed by atoms with Crippen molar-refractivity contribution in [1.29, 1.82) is 0 Å². The van der Waals surface area contributed by atoms with Gasteiger partial charge in [0.2, 0.25) is 0 Å². The number of terminal acetylenes is 1. The van der Waals surface area contributed by atoms with Crippen molar-refractivity contribution in [2.75, 3.05) is 19.6 Å². The van der Waals surface area contributed by atoms with Crippen LogP contribution in [0.4, 0.5) is 0 Å². The molecule has 1 fully saturated rings. The Morgan fingerprint density at radius 3 is 2.94 bits per heavy atom. The summed E-state index contributed by atoms with van der Waals surface area (Å²) in [6.07, 6.45) is 11.8. The minimum absolute atomic E-state index is 0.263. The minimum atomic E-state index is 0.263. The van der Waals surface area contributed by atoms with E-state index in [0.29, 0.717) is 0 Å². The van der Waals surface area contributed by atoms with E-state index in [0.717, 1.165) is 19.0 Å². The Labute approximate surface area is 101 Å². The number of nitrogens with zero attached hydrogens (tertiary/aromatic N) is 1. The number of piperidine rings is 1. The van der Waals surface area contributed by atoms with Gasteiger partial charge in [-0.2, -0.15) is 0 Å². The molecule has 1 heterocycles. The summed E-state index contributed by atoms with van der Waals surface area (Å²) in [5.74, 6) is 2.77. The molecule has 1 saturated heterocycles. The second-order valence-corrected chi connectivity index (χ2v) is 4.82. The van der Waals surface area contributed by atoms with Crippen molar-refractivity contribution in [2.45, 2.75) is 58.0 Å². The smallest absolute Gasteiger partial charge is 0.0684 e. The molecular weight excluding hydrogens is 196 g/mol. The van der Waals surface area contributed by atoms with E-state index < -0.39 is 0 Å². The molecule has 0 saturated carbocycles. The van der Waals surface area contributed by atoms with Crippen molar-refractivity contribution in [3.63, 3.8) is 0 Å². The summed E-state index contributed by atoms with van der Waals surface area (Å²) < 4.78 is 0. The van der Waals surface area contributed by atoms with E-state index >= 15 is 0 Å². The highest BCUT2D eigenvalue weighted by Gasteiger charge is 2.16. The summed E-state index contributed by atoms with van der Waals surface area (Å²) in [5, 5.41) is 3.41. The van der Waals surface area contributed by atoms with Gasteiger partial charge >= 0.3 is 0 Å². The van der Waals surface area contributed by atoms with E-state index in [1.807, 2.05) is 0 Å². The number of likely N-dealkylation sites (tertiary alicyclic amines) is 1. The molecule has 2 heteroatoms. The molecule has 2 nitrogen and oxygen atoms in total. The summed E-state index contributed by atoms with van der Waals surface area (Å²) in [6, 6.07) is 1.04. The Kier molecular flexibility index (Phi) is 6.52. The summed E-state index contributed by atoms with van der Waals surface area (Å²) >= 11 is 0. The molecule has 2 unspecified atom stereocenters. The molecule has 0 aromatic rings. The first-order valence-corrected chi connectivity index (χ1v) is 6.71. The fraction of sp³-hybridized carbons (Fsp3) is 0.857. The van der Waals surface area contributed by atoms with Crippen LogP contribution in [-0.2, 0) is 0 Å². The molecular formula is C14H26N2. The first kappa shape index (κ1) is 13.5. The fourth-order valence-electron chi connectivity index (χ4n) is 2.37. The van der Waals surface area contributed by atoms with Crippen LogP contribution in [0.2, 0.25) is 0 Å². The molecule has 0 aromatic carbocycles. The monoisotopic (exact) mass is 222 g/mol. The van der Waals surface area contributed by atoms with Gasteiger partial charge in [0.25, 0.3) is 0 Å². The molecule has 16 heavy (non-hydrogen) atoms. The lowest BCUT2D eigenvalue weighted by Crippen LogP contribution is -2.39.